The third-order valence-corrected chi connectivity index (χ3v) is 4.50. The van der Waals surface area contributed by atoms with E-state index in [2.05, 4.69) is 101 Å². The van der Waals surface area contributed by atoms with Crippen LogP contribution in [0.5, 0.6) is 0 Å². The molecule has 0 bridgehead atoms. The summed E-state index contributed by atoms with van der Waals surface area (Å²) in [6.07, 6.45) is 0. The van der Waals surface area contributed by atoms with Gasteiger partial charge in [0, 0.05) is 0 Å². The second kappa shape index (κ2) is 6.28. The Labute approximate surface area is 146 Å². The third kappa shape index (κ3) is 3.59. The molecule has 24 heavy (non-hydrogen) atoms. The van der Waals surface area contributed by atoms with Crippen molar-refractivity contribution in [3.63, 3.8) is 0 Å². The standard InChI is InChI=1S/C24H26/c1-17-8-6-10-19(12-17)21-14-22(16-23(15-21)24(3,4)5)20-11-7-9-18(2)13-20/h6-16H,1-5H3. The van der Waals surface area contributed by atoms with Gasteiger partial charge in [-0.2, -0.15) is 0 Å². The van der Waals surface area contributed by atoms with E-state index in [1.165, 1.54) is 38.9 Å². The number of aryl methyl sites for hydroxylation is 2. The molecule has 0 saturated heterocycles. The van der Waals surface area contributed by atoms with Gasteiger partial charge in [-0.15, -0.1) is 0 Å². The van der Waals surface area contributed by atoms with Gasteiger partial charge in [0.2, 0.25) is 0 Å². The Hall–Kier alpha value is -2.34. The van der Waals surface area contributed by atoms with Crippen LogP contribution in [0.3, 0.4) is 0 Å². The number of hydrogen-bond acceptors (Lipinski definition) is 0. The Kier molecular flexibility index (Phi) is 4.32. The van der Waals surface area contributed by atoms with Crippen molar-refractivity contribution in [2.45, 2.75) is 40.0 Å². The lowest BCUT2D eigenvalue weighted by atomic mass is 9.83. The van der Waals surface area contributed by atoms with Gasteiger partial charge in [-0.1, -0.05) is 92.6 Å². The van der Waals surface area contributed by atoms with Crippen LogP contribution in [0.25, 0.3) is 22.3 Å². The van der Waals surface area contributed by atoms with Crippen LogP contribution in [0.1, 0.15) is 37.5 Å². The van der Waals surface area contributed by atoms with E-state index in [-0.39, 0.29) is 5.41 Å². The Morgan fingerprint density at radius 3 is 1.38 bits per heavy atom. The topological polar surface area (TPSA) is 0 Å². The predicted molar refractivity (Wildman–Crippen MR) is 105 cm³/mol. The summed E-state index contributed by atoms with van der Waals surface area (Å²) < 4.78 is 0. The van der Waals surface area contributed by atoms with Gasteiger partial charge in [0.05, 0.1) is 0 Å². The van der Waals surface area contributed by atoms with Crippen LogP contribution < -0.4 is 0 Å². The highest BCUT2D eigenvalue weighted by atomic mass is 14.2. The van der Waals surface area contributed by atoms with Crippen LogP contribution in [0.2, 0.25) is 0 Å². The summed E-state index contributed by atoms with van der Waals surface area (Å²) in [7, 11) is 0. The predicted octanol–water partition coefficient (Wildman–Crippen LogP) is 6.93. The smallest absolute Gasteiger partial charge is 0.0131 e. The van der Waals surface area contributed by atoms with Gasteiger partial charge in [0.1, 0.15) is 0 Å². The Morgan fingerprint density at radius 2 is 1.00 bits per heavy atom. The highest BCUT2D eigenvalue weighted by Crippen LogP contribution is 2.33. The van der Waals surface area contributed by atoms with Crippen LogP contribution in [0.15, 0.2) is 66.7 Å². The molecule has 0 fully saturated rings. The molecule has 0 aliphatic rings. The molecule has 0 aliphatic carbocycles. The number of benzene rings is 3. The zero-order chi connectivity index (χ0) is 17.3. The molecule has 0 aliphatic heterocycles. The monoisotopic (exact) mass is 314 g/mol. The van der Waals surface area contributed by atoms with Gasteiger partial charge in [0.25, 0.3) is 0 Å². The highest BCUT2D eigenvalue weighted by molar-refractivity contribution is 5.75. The molecular weight excluding hydrogens is 288 g/mol. The first-order valence-electron chi connectivity index (χ1n) is 8.62. The molecule has 122 valence electrons. The van der Waals surface area contributed by atoms with Crippen molar-refractivity contribution in [3.05, 3.63) is 83.4 Å². The molecule has 3 rings (SSSR count). The number of rotatable bonds is 2. The average molecular weight is 314 g/mol. The van der Waals surface area contributed by atoms with E-state index in [0.29, 0.717) is 0 Å². The molecule has 0 heteroatoms. The van der Waals surface area contributed by atoms with E-state index in [1.54, 1.807) is 0 Å². The lowest BCUT2D eigenvalue weighted by Crippen LogP contribution is -2.11. The van der Waals surface area contributed by atoms with Gasteiger partial charge >= 0.3 is 0 Å². The van der Waals surface area contributed by atoms with Gasteiger partial charge in [-0.3, -0.25) is 0 Å². The van der Waals surface area contributed by atoms with E-state index in [0.717, 1.165) is 0 Å². The lowest BCUT2D eigenvalue weighted by Gasteiger charge is -2.22. The largest absolute Gasteiger partial charge is 0.0614 e. The molecule has 3 aromatic rings. The molecular formula is C24H26. The first-order chi connectivity index (χ1) is 11.3. The van der Waals surface area contributed by atoms with Crippen LogP contribution in [0, 0.1) is 13.8 Å². The molecule has 0 nitrogen and oxygen atoms in total. The van der Waals surface area contributed by atoms with Gasteiger partial charge in [-0.05, 0) is 53.1 Å². The SMILES string of the molecule is Cc1cccc(-c2cc(-c3cccc(C)c3)cc(C(C)(C)C)c2)c1. The van der Waals surface area contributed by atoms with E-state index in [9.17, 15) is 0 Å². The highest BCUT2D eigenvalue weighted by Gasteiger charge is 2.16. The summed E-state index contributed by atoms with van der Waals surface area (Å²) in [5.74, 6) is 0. The maximum absolute atomic E-state index is 2.34. The molecule has 0 N–H and O–H groups in total. The third-order valence-electron chi connectivity index (χ3n) is 4.50. The second-order valence-corrected chi connectivity index (χ2v) is 7.79. The van der Waals surface area contributed by atoms with Gasteiger partial charge in [-0.25, -0.2) is 0 Å². The molecule has 0 radical (unpaired) electrons. The van der Waals surface area contributed by atoms with E-state index >= 15 is 0 Å². The number of hydrogen-bond donors (Lipinski definition) is 0. The van der Waals surface area contributed by atoms with E-state index < -0.39 is 0 Å². The average Bonchev–Trinajstić information content (AvgIpc) is 2.53. The van der Waals surface area contributed by atoms with Crippen LogP contribution in [-0.4, -0.2) is 0 Å². The molecule has 0 heterocycles. The van der Waals surface area contributed by atoms with Crippen molar-refractivity contribution in [3.8, 4) is 22.3 Å². The van der Waals surface area contributed by atoms with Gasteiger partial charge in [0.15, 0.2) is 0 Å². The van der Waals surface area contributed by atoms with Crippen LogP contribution in [-0.2, 0) is 5.41 Å². The summed E-state index contributed by atoms with van der Waals surface area (Å²) >= 11 is 0. The minimum absolute atomic E-state index is 0.123. The zero-order valence-corrected chi connectivity index (χ0v) is 15.4. The summed E-state index contributed by atoms with van der Waals surface area (Å²) in [6, 6.07) is 24.5. The second-order valence-electron chi connectivity index (χ2n) is 7.79. The zero-order valence-electron chi connectivity index (χ0n) is 15.4. The summed E-state index contributed by atoms with van der Waals surface area (Å²) in [5.41, 5.74) is 9.25. The van der Waals surface area contributed by atoms with Crippen molar-refractivity contribution in [2.24, 2.45) is 0 Å². The molecule has 0 spiro atoms. The van der Waals surface area contributed by atoms with Crippen molar-refractivity contribution in [2.75, 3.05) is 0 Å². The maximum Gasteiger partial charge on any atom is -0.0131 e. The summed E-state index contributed by atoms with van der Waals surface area (Å²) in [4.78, 5) is 0. The first-order valence-corrected chi connectivity index (χ1v) is 8.62. The minimum Gasteiger partial charge on any atom is -0.0614 e. The Balaban J connectivity index is 2.21. The molecule has 0 saturated carbocycles. The molecule has 0 amide bonds. The fourth-order valence-electron chi connectivity index (χ4n) is 3.04. The molecule has 3 aromatic carbocycles. The molecule has 0 unspecified atom stereocenters. The first kappa shape index (κ1) is 16.5. The van der Waals surface area contributed by atoms with Crippen molar-refractivity contribution < 1.29 is 0 Å². The Morgan fingerprint density at radius 1 is 0.542 bits per heavy atom. The molecule has 0 aromatic heterocycles. The summed E-state index contributed by atoms with van der Waals surface area (Å²) in [6.45, 7) is 11.1. The van der Waals surface area contributed by atoms with Crippen molar-refractivity contribution in [1.82, 2.24) is 0 Å². The van der Waals surface area contributed by atoms with E-state index in [1.807, 2.05) is 0 Å². The van der Waals surface area contributed by atoms with Crippen molar-refractivity contribution >= 4 is 0 Å². The van der Waals surface area contributed by atoms with Crippen molar-refractivity contribution in [1.29, 1.82) is 0 Å². The van der Waals surface area contributed by atoms with Crippen LogP contribution in [0.4, 0.5) is 0 Å². The fourth-order valence-corrected chi connectivity index (χ4v) is 3.04. The normalized spacial score (nSPS) is 11.5. The minimum atomic E-state index is 0.123. The fraction of sp³-hybridized carbons (Fsp3) is 0.250. The molecule has 0 atom stereocenters. The van der Waals surface area contributed by atoms with E-state index in [4.69, 9.17) is 0 Å². The lowest BCUT2D eigenvalue weighted by molar-refractivity contribution is 0.590. The maximum atomic E-state index is 2.34. The summed E-state index contributed by atoms with van der Waals surface area (Å²) in [5, 5.41) is 0. The van der Waals surface area contributed by atoms with Gasteiger partial charge < -0.3 is 0 Å². The quantitative estimate of drug-likeness (QED) is 0.481. The Bertz CT molecular complexity index is 799. The van der Waals surface area contributed by atoms with Crippen LogP contribution >= 0.6 is 0 Å².